The normalized spacial score (nSPS) is 15.2. The quantitative estimate of drug-likeness (QED) is 0.873. The van der Waals surface area contributed by atoms with Crippen molar-refractivity contribution < 1.29 is 9.47 Å². The summed E-state index contributed by atoms with van der Waals surface area (Å²) < 4.78 is 10.7. The van der Waals surface area contributed by atoms with Gasteiger partial charge in [0, 0.05) is 11.6 Å². The Balaban J connectivity index is 2.76. The molecule has 1 heterocycles. The van der Waals surface area contributed by atoms with Crippen LogP contribution in [0.15, 0.2) is 33.3 Å². The van der Waals surface area contributed by atoms with E-state index in [-0.39, 0.29) is 0 Å². The van der Waals surface area contributed by atoms with Gasteiger partial charge in [0.25, 0.3) is 0 Å². The van der Waals surface area contributed by atoms with E-state index in [9.17, 15) is 10.5 Å². The molecular weight excluding hydrogens is 312 g/mol. The van der Waals surface area contributed by atoms with Crippen LogP contribution in [0.4, 0.5) is 0 Å². The SMILES string of the molecule is COc1cc(OC)c(C2C(C#N)=C(N)SC(N)=C2C#N)cc1C. The minimum atomic E-state index is -0.647. The maximum absolute atomic E-state index is 9.49. The number of hydrogen-bond acceptors (Lipinski definition) is 7. The van der Waals surface area contributed by atoms with Crippen molar-refractivity contribution in [3.8, 4) is 23.6 Å². The van der Waals surface area contributed by atoms with E-state index in [2.05, 4.69) is 12.1 Å². The van der Waals surface area contributed by atoms with Gasteiger partial charge in [0.2, 0.25) is 0 Å². The maximum atomic E-state index is 9.49. The Morgan fingerprint density at radius 3 is 1.96 bits per heavy atom. The first-order valence-electron chi connectivity index (χ1n) is 6.68. The molecule has 0 fully saturated rings. The Morgan fingerprint density at radius 2 is 1.52 bits per heavy atom. The summed E-state index contributed by atoms with van der Waals surface area (Å²) in [6, 6.07) is 7.74. The fraction of sp³-hybridized carbons (Fsp3) is 0.250. The standard InChI is InChI=1S/C16H16N4O2S/c1-8-4-9(13(22-3)5-12(8)21-2)14-10(6-17)15(19)23-16(20)11(14)7-18/h4-5,14H,19-20H2,1-3H3. The van der Waals surface area contributed by atoms with E-state index in [1.807, 2.05) is 13.0 Å². The van der Waals surface area contributed by atoms with Gasteiger partial charge in [-0.2, -0.15) is 10.5 Å². The van der Waals surface area contributed by atoms with Crippen LogP contribution in [0.1, 0.15) is 17.0 Å². The Kier molecular flexibility index (Phi) is 4.73. The zero-order chi connectivity index (χ0) is 17.1. The zero-order valence-electron chi connectivity index (χ0n) is 13.0. The van der Waals surface area contributed by atoms with Crippen LogP contribution >= 0.6 is 11.8 Å². The van der Waals surface area contributed by atoms with Gasteiger partial charge in [0.05, 0.1) is 53.5 Å². The number of hydrogen-bond donors (Lipinski definition) is 2. The summed E-state index contributed by atoms with van der Waals surface area (Å²) in [5.74, 6) is 0.512. The Bertz CT molecular complexity index is 764. The average Bonchev–Trinajstić information content (AvgIpc) is 2.54. The second-order valence-electron chi connectivity index (χ2n) is 4.88. The molecule has 0 bridgehead atoms. The van der Waals surface area contributed by atoms with Gasteiger partial charge < -0.3 is 20.9 Å². The highest BCUT2D eigenvalue weighted by Crippen LogP contribution is 2.46. The lowest BCUT2D eigenvalue weighted by atomic mass is 9.84. The highest BCUT2D eigenvalue weighted by Gasteiger charge is 2.33. The first kappa shape index (κ1) is 16.6. The second kappa shape index (κ2) is 6.55. The largest absolute Gasteiger partial charge is 0.496 e. The lowest BCUT2D eigenvalue weighted by Gasteiger charge is -2.25. The lowest BCUT2D eigenvalue weighted by Crippen LogP contribution is -2.19. The molecule has 4 N–H and O–H groups in total. The van der Waals surface area contributed by atoms with Gasteiger partial charge in [-0.15, -0.1) is 0 Å². The van der Waals surface area contributed by atoms with E-state index in [0.717, 1.165) is 17.3 Å². The number of ether oxygens (including phenoxy) is 2. The van der Waals surface area contributed by atoms with Crippen LogP contribution in [0.5, 0.6) is 11.5 Å². The fourth-order valence-corrected chi connectivity index (χ4v) is 3.31. The van der Waals surface area contributed by atoms with Crippen LogP contribution in [0.2, 0.25) is 0 Å². The lowest BCUT2D eigenvalue weighted by molar-refractivity contribution is 0.388. The monoisotopic (exact) mass is 328 g/mol. The number of methoxy groups -OCH3 is 2. The number of rotatable bonds is 3. The van der Waals surface area contributed by atoms with Crippen molar-refractivity contribution >= 4 is 11.8 Å². The summed E-state index contributed by atoms with van der Waals surface area (Å²) in [5, 5.41) is 19.6. The molecule has 1 aromatic rings. The second-order valence-corrected chi connectivity index (χ2v) is 5.96. The molecule has 0 saturated carbocycles. The molecule has 7 heteroatoms. The topological polar surface area (TPSA) is 118 Å². The maximum Gasteiger partial charge on any atom is 0.126 e. The average molecular weight is 328 g/mol. The summed E-state index contributed by atoms with van der Waals surface area (Å²) in [5.41, 5.74) is 14.0. The van der Waals surface area contributed by atoms with Gasteiger partial charge >= 0.3 is 0 Å². The van der Waals surface area contributed by atoms with E-state index in [1.165, 1.54) is 7.11 Å². The molecular formula is C16H16N4O2S. The molecule has 23 heavy (non-hydrogen) atoms. The molecule has 1 aromatic carbocycles. The van der Waals surface area contributed by atoms with E-state index in [4.69, 9.17) is 20.9 Å². The number of nitriles is 2. The van der Waals surface area contributed by atoms with Gasteiger partial charge in [0.15, 0.2) is 0 Å². The van der Waals surface area contributed by atoms with Gasteiger partial charge in [-0.05, 0) is 18.6 Å². The molecule has 0 atom stereocenters. The van der Waals surface area contributed by atoms with Crippen molar-refractivity contribution in [2.45, 2.75) is 12.8 Å². The molecule has 0 saturated heterocycles. The predicted octanol–water partition coefficient (Wildman–Crippen LogP) is 2.23. The van der Waals surface area contributed by atoms with Crippen LogP contribution < -0.4 is 20.9 Å². The number of aryl methyl sites for hydroxylation is 1. The number of thioether (sulfide) groups is 1. The fourth-order valence-electron chi connectivity index (χ4n) is 2.52. The minimum absolute atomic E-state index is 0.295. The summed E-state index contributed by atoms with van der Waals surface area (Å²) in [7, 11) is 3.08. The van der Waals surface area contributed by atoms with Gasteiger partial charge in [0.1, 0.15) is 11.5 Å². The van der Waals surface area contributed by atoms with Crippen molar-refractivity contribution in [1.82, 2.24) is 0 Å². The number of nitrogens with zero attached hydrogens (tertiary/aromatic N) is 2. The van der Waals surface area contributed by atoms with Gasteiger partial charge in [-0.1, -0.05) is 11.8 Å². The number of nitrogens with two attached hydrogens (primary N) is 2. The van der Waals surface area contributed by atoms with E-state index in [0.29, 0.717) is 38.3 Å². The summed E-state index contributed by atoms with van der Waals surface area (Å²) in [4.78, 5) is 0. The van der Waals surface area contributed by atoms with Gasteiger partial charge in [-0.25, -0.2) is 0 Å². The van der Waals surface area contributed by atoms with Crippen LogP contribution in [0, 0.1) is 29.6 Å². The van der Waals surface area contributed by atoms with Crippen molar-refractivity contribution in [2.24, 2.45) is 11.5 Å². The third-order valence-corrected chi connectivity index (χ3v) is 4.51. The molecule has 6 nitrogen and oxygen atoms in total. The predicted molar refractivity (Wildman–Crippen MR) is 88.3 cm³/mol. The third kappa shape index (κ3) is 2.79. The molecule has 118 valence electrons. The molecule has 1 aliphatic heterocycles. The zero-order valence-corrected chi connectivity index (χ0v) is 13.8. The Labute approximate surface area is 139 Å². The summed E-state index contributed by atoms with van der Waals surface area (Å²) in [6.45, 7) is 1.87. The molecule has 0 aromatic heterocycles. The highest BCUT2D eigenvalue weighted by molar-refractivity contribution is 8.06. The smallest absolute Gasteiger partial charge is 0.126 e. The summed E-state index contributed by atoms with van der Waals surface area (Å²) >= 11 is 1.03. The van der Waals surface area contributed by atoms with E-state index >= 15 is 0 Å². The van der Waals surface area contributed by atoms with Crippen LogP contribution in [0.25, 0.3) is 0 Å². The van der Waals surface area contributed by atoms with Crippen LogP contribution in [0.3, 0.4) is 0 Å². The molecule has 2 rings (SSSR count). The highest BCUT2D eigenvalue weighted by atomic mass is 32.2. The molecule has 0 unspecified atom stereocenters. The van der Waals surface area contributed by atoms with Crippen molar-refractivity contribution in [3.05, 3.63) is 44.5 Å². The van der Waals surface area contributed by atoms with Gasteiger partial charge in [-0.3, -0.25) is 0 Å². The molecule has 0 radical (unpaired) electrons. The van der Waals surface area contributed by atoms with E-state index in [1.54, 1.807) is 13.2 Å². The molecule has 0 spiro atoms. The minimum Gasteiger partial charge on any atom is -0.496 e. The third-order valence-electron chi connectivity index (χ3n) is 3.63. The summed E-state index contributed by atoms with van der Waals surface area (Å²) in [6.07, 6.45) is 0. The molecule has 0 aliphatic carbocycles. The first-order chi connectivity index (χ1) is 11.0. The van der Waals surface area contributed by atoms with Crippen molar-refractivity contribution in [3.63, 3.8) is 0 Å². The van der Waals surface area contributed by atoms with Crippen molar-refractivity contribution in [1.29, 1.82) is 10.5 Å². The number of benzene rings is 1. The molecule has 1 aliphatic rings. The van der Waals surface area contributed by atoms with Crippen LogP contribution in [-0.2, 0) is 0 Å². The molecule has 0 amide bonds. The number of allylic oxidation sites excluding steroid dienone is 2. The van der Waals surface area contributed by atoms with E-state index < -0.39 is 5.92 Å². The van der Waals surface area contributed by atoms with Crippen molar-refractivity contribution in [2.75, 3.05) is 14.2 Å². The van der Waals surface area contributed by atoms with Crippen LogP contribution in [-0.4, -0.2) is 14.2 Å². The first-order valence-corrected chi connectivity index (χ1v) is 7.49. The Hall–Kier alpha value is -2.77. The Morgan fingerprint density at radius 1 is 1.00 bits per heavy atom.